The first-order chi connectivity index (χ1) is 14.1. The van der Waals surface area contributed by atoms with E-state index in [4.69, 9.17) is 14.2 Å². The summed E-state index contributed by atoms with van der Waals surface area (Å²) in [6, 6.07) is 16.4. The summed E-state index contributed by atoms with van der Waals surface area (Å²) in [7, 11) is 4.93. The molecule has 0 radical (unpaired) electrons. The van der Waals surface area contributed by atoms with Crippen LogP contribution in [0.1, 0.15) is 11.1 Å². The fourth-order valence-corrected chi connectivity index (χ4v) is 4.65. The van der Waals surface area contributed by atoms with E-state index in [2.05, 4.69) is 23.1 Å². The van der Waals surface area contributed by atoms with Crippen LogP contribution in [0.2, 0.25) is 0 Å². The molecule has 29 heavy (non-hydrogen) atoms. The van der Waals surface area contributed by atoms with Crippen LogP contribution in [-0.2, 0) is 22.6 Å². The fraction of sp³-hybridized carbons (Fsp3) is 0.435. The predicted molar refractivity (Wildman–Crippen MR) is 110 cm³/mol. The molecule has 2 aliphatic heterocycles. The number of rotatable bonds is 7. The molecule has 0 aromatic heterocycles. The number of methoxy groups -OCH3 is 3. The monoisotopic (exact) mass is 396 g/mol. The van der Waals surface area contributed by atoms with Crippen LogP contribution in [0.3, 0.4) is 0 Å². The SMILES string of the molecule is COc1ccc(CN2C[C@@H]3[C@H](OC)C(=O)N(Cc4ccccc4)[C@@H]3C2)cc1OC. The first-order valence-electron chi connectivity index (χ1n) is 9.95. The van der Waals surface area contributed by atoms with Gasteiger partial charge in [-0.3, -0.25) is 9.69 Å². The van der Waals surface area contributed by atoms with Gasteiger partial charge in [0.15, 0.2) is 11.5 Å². The molecule has 2 aromatic carbocycles. The quantitative estimate of drug-likeness (QED) is 0.720. The molecule has 0 aliphatic carbocycles. The minimum atomic E-state index is -0.362. The maximum atomic E-state index is 12.9. The van der Waals surface area contributed by atoms with Crippen molar-refractivity contribution in [1.29, 1.82) is 0 Å². The van der Waals surface area contributed by atoms with Gasteiger partial charge in [0.2, 0.25) is 0 Å². The molecule has 2 aliphatic rings. The zero-order valence-corrected chi connectivity index (χ0v) is 17.2. The Morgan fingerprint density at radius 1 is 0.897 bits per heavy atom. The van der Waals surface area contributed by atoms with Crippen molar-refractivity contribution in [3.8, 4) is 11.5 Å². The summed E-state index contributed by atoms with van der Waals surface area (Å²) >= 11 is 0. The third kappa shape index (κ3) is 3.82. The molecular weight excluding hydrogens is 368 g/mol. The maximum Gasteiger partial charge on any atom is 0.252 e. The summed E-state index contributed by atoms with van der Waals surface area (Å²) in [6.07, 6.45) is -0.362. The topological polar surface area (TPSA) is 51.2 Å². The second kappa shape index (κ2) is 8.43. The zero-order valence-electron chi connectivity index (χ0n) is 17.2. The largest absolute Gasteiger partial charge is 0.493 e. The smallest absolute Gasteiger partial charge is 0.252 e. The number of carbonyl (C=O) groups is 1. The molecule has 6 heteroatoms. The number of fused-ring (bicyclic) bond motifs is 1. The van der Waals surface area contributed by atoms with Crippen LogP contribution in [0, 0.1) is 5.92 Å². The van der Waals surface area contributed by atoms with E-state index < -0.39 is 0 Å². The molecule has 2 fully saturated rings. The first-order valence-corrected chi connectivity index (χ1v) is 9.95. The average molecular weight is 396 g/mol. The lowest BCUT2D eigenvalue weighted by atomic mass is 10.0. The van der Waals surface area contributed by atoms with Crippen LogP contribution in [0.25, 0.3) is 0 Å². The Labute approximate surface area is 172 Å². The number of likely N-dealkylation sites (tertiary alicyclic amines) is 2. The van der Waals surface area contributed by atoms with Crippen LogP contribution >= 0.6 is 0 Å². The fourth-order valence-electron chi connectivity index (χ4n) is 4.65. The lowest BCUT2D eigenvalue weighted by Crippen LogP contribution is -2.38. The van der Waals surface area contributed by atoms with Crippen LogP contribution in [-0.4, -0.2) is 62.3 Å². The van der Waals surface area contributed by atoms with Crippen LogP contribution < -0.4 is 9.47 Å². The highest BCUT2D eigenvalue weighted by atomic mass is 16.5. The van der Waals surface area contributed by atoms with Gasteiger partial charge in [-0.25, -0.2) is 0 Å². The molecule has 2 saturated heterocycles. The van der Waals surface area contributed by atoms with Crippen molar-refractivity contribution in [2.45, 2.75) is 25.2 Å². The van der Waals surface area contributed by atoms with E-state index in [9.17, 15) is 4.79 Å². The summed E-state index contributed by atoms with van der Waals surface area (Å²) in [5, 5.41) is 0. The Morgan fingerprint density at radius 2 is 1.66 bits per heavy atom. The number of nitrogens with zero attached hydrogens (tertiary/aromatic N) is 2. The Hall–Kier alpha value is -2.57. The number of ether oxygens (including phenoxy) is 3. The molecular formula is C23H28N2O4. The van der Waals surface area contributed by atoms with Crippen LogP contribution in [0.4, 0.5) is 0 Å². The molecule has 0 saturated carbocycles. The van der Waals surface area contributed by atoms with Crippen molar-refractivity contribution >= 4 is 5.91 Å². The van der Waals surface area contributed by atoms with E-state index in [0.29, 0.717) is 6.54 Å². The highest BCUT2D eigenvalue weighted by Crippen LogP contribution is 2.36. The average Bonchev–Trinajstić information content (AvgIpc) is 3.25. The van der Waals surface area contributed by atoms with Gasteiger partial charge in [-0.2, -0.15) is 0 Å². The Kier molecular flexibility index (Phi) is 5.74. The second-order valence-corrected chi connectivity index (χ2v) is 7.72. The van der Waals surface area contributed by atoms with Gasteiger partial charge >= 0.3 is 0 Å². The number of carbonyl (C=O) groups excluding carboxylic acids is 1. The highest BCUT2D eigenvalue weighted by molar-refractivity contribution is 5.84. The third-order valence-electron chi connectivity index (χ3n) is 6.03. The van der Waals surface area contributed by atoms with Crippen molar-refractivity contribution in [3.63, 3.8) is 0 Å². The number of benzene rings is 2. The van der Waals surface area contributed by atoms with Crippen molar-refractivity contribution in [2.24, 2.45) is 5.92 Å². The summed E-state index contributed by atoms with van der Waals surface area (Å²) in [6.45, 7) is 3.12. The highest BCUT2D eigenvalue weighted by Gasteiger charge is 2.52. The van der Waals surface area contributed by atoms with E-state index in [1.807, 2.05) is 35.2 Å². The molecule has 0 spiro atoms. The van der Waals surface area contributed by atoms with Crippen LogP contribution in [0.15, 0.2) is 48.5 Å². The maximum absolute atomic E-state index is 12.9. The molecule has 4 rings (SSSR count). The van der Waals surface area contributed by atoms with Gasteiger partial charge in [0.1, 0.15) is 6.10 Å². The Balaban J connectivity index is 1.49. The van der Waals surface area contributed by atoms with E-state index in [1.165, 1.54) is 0 Å². The molecule has 0 N–H and O–H groups in total. The molecule has 154 valence electrons. The zero-order chi connectivity index (χ0) is 20.4. The minimum absolute atomic E-state index is 0.108. The molecule has 6 nitrogen and oxygen atoms in total. The molecule has 3 atom stereocenters. The summed E-state index contributed by atoms with van der Waals surface area (Å²) in [5.74, 6) is 1.77. The predicted octanol–water partition coefficient (Wildman–Crippen LogP) is 2.56. The van der Waals surface area contributed by atoms with Crippen molar-refractivity contribution in [2.75, 3.05) is 34.4 Å². The lowest BCUT2D eigenvalue weighted by molar-refractivity contribution is -0.138. The molecule has 0 bridgehead atoms. The standard InChI is InChI=1S/C23H28N2O4/c1-27-20-10-9-17(11-21(20)28-2)12-24-14-18-19(15-24)25(23(26)22(18)29-3)13-16-7-5-4-6-8-16/h4-11,18-19,22H,12-15H2,1-3H3/t18-,19+,22-/m0/s1. The van der Waals surface area contributed by atoms with E-state index in [-0.39, 0.29) is 24.0 Å². The summed E-state index contributed by atoms with van der Waals surface area (Å²) in [4.78, 5) is 17.3. The number of amides is 1. The third-order valence-corrected chi connectivity index (χ3v) is 6.03. The lowest BCUT2D eigenvalue weighted by Gasteiger charge is -2.25. The van der Waals surface area contributed by atoms with Crippen molar-refractivity contribution in [1.82, 2.24) is 9.80 Å². The van der Waals surface area contributed by atoms with Gasteiger partial charge in [-0.15, -0.1) is 0 Å². The van der Waals surface area contributed by atoms with E-state index in [1.54, 1.807) is 21.3 Å². The van der Waals surface area contributed by atoms with Gasteiger partial charge in [0, 0.05) is 39.2 Å². The van der Waals surface area contributed by atoms with Crippen molar-refractivity contribution in [3.05, 3.63) is 59.7 Å². The van der Waals surface area contributed by atoms with Gasteiger partial charge < -0.3 is 19.1 Å². The van der Waals surface area contributed by atoms with Gasteiger partial charge in [-0.1, -0.05) is 36.4 Å². The van der Waals surface area contributed by atoms with Crippen molar-refractivity contribution < 1.29 is 19.0 Å². The Morgan fingerprint density at radius 3 is 2.34 bits per heavy atom. The first kappa shape index (κ1) is 19.7. The van der Waals surface area contributed by atoms with Crippen LogP contribution in [0.5, 0.6) is 11.5 Å². The molecule has 2 heterocycles. The second-order valence-electron chi connectivity index (χ2n) is 7.72. The molecule has 1 amide bonds. The number of hydrogen-bond acceptors (Lipinski definition) is 5. The Bertz CT molecular complexity index is 857. The van der Waals surface area contributed by atoms with E-state index in [0.717, 1.165) is 42.3 Å². The van der Waals surface area contributed by atoms with Gasteiger partial charge in [0.05, 0.1) is 20.3 Å². The molecule has 0 unspecified atom stereocenters. The van der Waals surface area contributed by atoms with Gasteiger partial charge in [-0.05, 0) is 23.3 Å². The van der Waals surface area contributed by atoms with Gasteiger partial charge in [0.25, 0.3) is 5.91 Å². The summed E-state index contributed by atoms with van der Waals surface area (Å²) < 4.78 is 16.4. The molecule has 2 aromatic rings. The summed E-state index contributed by atoms with van der Waals surface area (Å²) in [5.41, 5.74) is 2.31. The van der Waals surface area contributed by atoms with E-state index >= 15 is 0 Å². The number of hydrogen-bond donors (Lipinski definition) is 0. The normalized spacial score (nSPS) is 24.0. The minimum Gasteiger partial charge on any atom is -0.493 e.